The van der Waals surface area contributed by atoms with Gasteiger partial charge in [0, 0.05) is 50.9 Å². The van der Waals surface area contributed by atoms with E-state index in [1.165, 1.54) is 60.1 Å². The van der Waals surface area contributed by atoms with Crippen molar-refractivity contribution in [2.75, 3.05) is 0 Å². The first kappa shape index (κ1) is 23.1. The lowest BCUT2D eigenvalue weighted by atomic mass is 9.99. The minimum atomic E-state index is 1.11. The minimum absolute atomic E-state index is 1.11. The van der Waals surface area contributed by atoms with Crippen LogP contribution in [0.1, 0.15) is 0 Å². The lowest BCUT2D eigenvalue weighted by molar-refractivity contribution is 1.18. The Hall–Kier alpha value is -5.67. The molecule has 6 aromatic carbocycles. The van der Waals surface area contributed by atoms with Gasteiger partial charge < -0.3 is 9.13 Å². The fraction of sp³-hybridized carbons (Fsp3) is 0. The van der Waals surface area contributed by atoms with Crippen molar-refractivity contribution >= 4 is 54.4 Å². The van der Waals surface area contributed by atoms with Gasteiger partial charge in [0.25, 0.3) is 0 Å². The predicted molar refractivity (Wildman–Crippen MR) is 176 cm³/mol. The molecule has 0 unspecified atom stereocenters. The maximum absolute atomic E-state index is 4.35. The average molecular weight is 536 g/mol. The SMILES string of the molecule is c1ccc(-n2c3ccccc3c3c4ccc5c(c4ccc32)c2ccccc2n5-c2cccc(-c3cccnc3)c2)cc1. The van der Waals surface area contributed by atoms with Crippen LogP contribution in [-0.4, -0.2) is 14.1 Å². The topological polar surface area (TPSA) is 22.8 Å². The number of pyridine rings is 1. The van der Waals surface area contributed by atoms with Crippen LogP contribution in [0.4, 0.5) is 0 Å². The van der Waals surface area contributed by atoms with Crippen molar-refractivity contribution in [2.45, 2.75) is 0 Å². The minimum Gasteiger partial charge on any atom is -0.309 e. The highest BCUT2D eigenvalue weighted by Gasteiger charge is 2.19. The Kier molecular flexibility index (Phi) is 4.90. The van der Waals surface area contributed by atoms with Gasteiger partial charge in [0.2, 0.25) is 0 Å². The van der Waals surface area contributed by atoms with Crippen molar-refractivity contribution in [3.63, 3.8) is 0 Å². The number of hydrogen-bond acceptors (Lipinski definition) is 1. The maximum Gasteiger partial charge on any atom is 0.0547 e. The summed E-state index contributed by atoms with van der Waals surface area (Å²) in [6.07, 6.45) is 3.75. The zero-order valence-electron chi connectivity index (χ0n) is 22.8. The summed E-state index contributed by atoms with van der Waals surface area (Å²) < 4.78 is 4.79. The highest BCUT2D eigenvalue weighted by Crippen LogP contribution is 2.42. The van der Waals surface area contributed by atoms with E-state index in [0.29, 0.717) is 0 Å². The molecule has 42 heavy (non-hydrogen) atoms. The van der Waals surface area contributed by atoms with Gasteiger partial charge in [-0.15, -0.1) is 0 Å². The third-order valence-corrected chi connectivity index (χ3v) is 8.58. The molecule has 3 heteroatoms. The highest BCUT2D eigenvalue weighted by atomic mass is 15.0. The normalized spacial score (nSPS) is 11.8. The molecule has 9 aromatic rings. The molecule has 3 nitrogen and oxygen atoms in total. The molecule has 0 amide bonds. The number of para-hydroxylation sites is 3. The Labute approximate surface area is 242 Å². The van der Waals surface area contributed by atoms with E-state index in [2.05, 4.69) is 148 Å². The number of hydrogen-bond donors (Lipinski definition) is 0. The van der Waals surface area contributed by atoms with Gasteiger partial charge in [-0.3, -0.25) is 4.98 Å². The van der Waals surface area contributed by atoms with Crippen molar-refractivity contribution in [3.8, 4) is 22.5 Å². The molecule has 0 aliphatic heterocycles. The number of benzene rings is 6. The van der Waals surface area contributed by atoms with Gasteiger partial charge >= 0.3 is 0 Å². The smallest absolute Gasteiger partial charge is 0.0547 e. The van der Waals surface area contributed by atoms with Crippen molar-refractivity contribution in [1.82, 2.24) is 14.1 Å². The van der Waals surface area contributed by atoms with E-state index in [0.717, 1.165) is 16.8 Å². The van der Waals surface area contributed by atoms with Crippen LogP contribution in [0.15, 0.2) is 152 Å². The van der Waals surface area contributed by atoms with Crippen LogP contribution in [-0.2, 0) is 0 Å². The van der Waals surface area contributed by atoms with Gasteiger partial charge in [-0.25, -0.2) is 0 Å². The van der Waals surface area contributed by atoms with Gasteiger partial charge in [0.15, 0.2) is 0 Å². The van der Waals surface area contributed by atoms with E-state index >= 15 is 0 Å². The first-order chi connectivity index (χ1) is 20.9. The molecule has 0 saturated carbocycles. The summed E-state index contributed by atoms with van der Waals surface area (Å²) in [5.74, 6) is 0. The summed E-state index contributed by atoms with van der Waals surface area (Å²) >= 11 is 0. The summed E-state index contributed by atoms with van der Waals surface area (Å²) in [5, 5.41) is 7.66. The molecule has 0 fully saturated rings. The molecule has 0 atom stereocenters. The van der Waals surface area contributed by atoms with Crippen molar-refractivity contribution in [2.24, 2.45) is 0 Å². The van der Waals surface area contributed by atoms with Crippen LogP contribution in [0.3, 0.4) is 0 Å². The molecule has 0 bridgehead atoms. The largest absolute Gasteiger partial charge is 0.309 e. The molecule has 0 aliphatic rings. The van der Waals surface area contributed by atoms with E-state index in [-0.39, 0.29) is 0 Å². The Balaban J connectivity index is 1.38. The van der Waals surface area contributed by atoms with Crippen LogP contribution >= 0.6 is 0 Å². The Morgan fingerprint density at radius 3 is 1.60 bits per heavy atom. The van der Waals surface area contributed by atoms with Crippen LogP contribution < -0.4 is 0 Å². The van der Waals surface area contributed by atoms with E-state index in [4.69, 9.17) is 0 Å². The second kappa shape index (κ2) is 8.92. The lowest BCUT2D eigenvalue weighted by Crippen LogP contribution is -1.94. The zero-order valence-corrected chi connectivity index (χ0v) is 22.8. The molecule has 0 saturated heterocycles. The molecular weight excluding hydrogens is 510 g/mol. The predicted octanol–water partition coefficient (Wildman–Crippen LogP) is 10.1. The summed E-state index contributed by atoms with van der Waals surface area (Å²) in [6, 6.07) is 50.3. The second-order valence-electron chi connectivity index (χ2n) is 10.8. The monoisotopic (exact) mass is 535 g/mol. The van der Waals surface area contributed by atoms with Crippen LogP contribution in [0.5, 0.6) is 0 Å². The third-order valence-electron chi connectivity index (χ3n) is 8.58. The summed E-state index contributed by atoms with van der Waals surface area (Å²) in [5.41, 5.74) is 9.44. The molecule has 0 spiro atoms. The highest BCUT2D eigenvalue weighted by molar-refractivity contribution is 6.29. The summed E-state index contributed by atoms with van der Waals surface area (Å²) in [7, 11) is 0. The molecule has 9 rings (SSSR count). The lowest BCUT2D eigenvalue weighted by Gasteiger charge is -2.11. The molecule has 0 aliphatic carbocycles. The van der Waals surface area contributed by atoms with Gasteiger partial charge in [0.05, 0.1) is 22.1 Å². The third kappa shape index (κ3) is 3.25. The van der Waals surface area contributed by atoms with Crippen molar-refractivity contribution in [3.05, 3.63) is 152 Å². The fourth-order valence-electron chi connectivity index (χ4n) is 6.83. The first-order valence-electron chi connectivity index (χ1n) is 14.3. The number of fused-ring (bicyclic) bond motifs is 9. The molecule has 3 heterocycles. The fourth-order valence-corrected chi connectivity index (χ4v) is 6.83. The number of nitrogens with zero attached hydrogens (tertiary/aromatic N) is 3. The standard InChI is InChI=1S/C39H25N3/c1-2-12-28(13-3-1)41-34-17-6-4-15-32(34)38-30-20-22-37-39(31(30)19-21-36(38)41)33-16-5-7-18-35(33)42(37)29-14-8-10-26(24-29)27-11-9-23-40-25-27/h1-25H. The van der Waals surface area contributed by atoms with Crippen molar-refractivity contribution < 1.29 is 0 Å². The van der Waals surface area contributed by atoms with Crippen LogP contribution in [0.25, 0.3) is 76.9 Å². The maximum atomic E-state index is 4.35. The quantitative estimate of drug-likeness (QED) is 0.221. The second-order valence-corrected chi connectivity index (χ2v) is 10.8. The Morgan fingerprint density at radius 1 is 0.381 bits per heavy atom. The first-order valence-corrected chi connectivity index (χ1v) is 14.3. The number of rotatable bonds is 3. The van der Waals surface area contributed by atoms with Gasteiger partial charge in [-0.1, -0.05) is 84.9 Å². The van der Waals surface area contributed by atoms with Gasteiger partial charge in [-0.2, -0.15) is 0 Å². The zero-order chi connectivity index (χ0) is 27.6. The summed E-state index contributed by atoms with van der Waals surface area (Å²) in [6.45, 7) is 0. The Morgan fingerprint density at radius 2 is 0.952 bits per heavy atom. The van der Waals surface area contributed by atoms with Crippen LogP contribution in [0, 0.1) is 0 Å². The molecule has 196 valence electrons. The number of aromatic nitrogens is 3. The van der Waals surface area contributed by atoms with Crippen molar-refractivity contribution in [1.29, 1.82) is 0 Å². The van der Waals surface area contributed by atoms with E-state index in [9.17, 15) is 0 Å². The molecule has 3 aromatic heterocycles. The molecular formula is C39H25N3. The average Bonchev–Trinajstić information content (AvgIpc) is 3.59. The van der Waals surface area contributed by atoms with E-state index in [1.807, 2.05) is 18.5 Å². The van der Waals surface area contributed by atoms with E-state index < -0.39 is 0 Å². The van der Waals surface area contributed by atoms with Crippen LogP contribution in [0.2, 0.25) is 0 Å². The summed E-state index contributed by atoms with van der Waals surface area (Å²) in [4.78, 5) is 4.35. The molecule has 0 radical (unpaired) electrons. The van der Waals surface area contributed by atoms with Gasteiger partial charge in [-0.05, 0) is 70.9 Å². The van der Waals surface area contributed by atoms with E-state index in [1.54, 1.807) is 0 Å². The Bertz CT molecular complexity index is 2450. The van der Waals surface area contributed by atoms with Gasteiger partial charge in [0.1, 0.15) is 0 Å². The molecule has 0 N–H and O–H groups in total.